The van der Waals surface area contributed by atoms with Gasteiger partial charge in [0.05, 0.1) is 17.6 Å². The molecule has 0 aliphatic rings. The van der Waals surface area contributed by atoms with Crippen LogP contribution in [0.4, 0.5) is 4.79 Å². The highest BCUT2D eigenvalue weighted by Gasteiger charge is 2.16. The molecule has 8 nitrogen and oxygen atoms in total. The number of carbonyl (C=O) groups excluding carboxylic acids is 2. The minimum Gasteiger partial charge on any atom is -0.385 e. The van der Waals surface area contributed by atoms with Crippen molar-refractivity contribution >= 4 is 23.0 Å². The van der Waals surface area contributed by atoms with E-state index in [1.54, 1.807) is 45.3 Å². The van der Waals surface area contributed by atoms with Crippen LogP contribution in [0.2, 0.25) is 0 Å². The lowest BCUT2D eigenvalue weighted by atomic mass is 10.2. The molecule has 1 aromatic heterocycles. The average molecular weight is 361 g/mol. The lowest BCUT2D eigenvalue weighted by molar-refractivity contribution is 0.0827. The Hall–Kier alpha value is -2.61. The van der Waals surface area contributed by atoms with Crippen LogP contribution < -0.4 is 5.32 Å². The molecule has 0 aliphatic carbocycles. The number of nitrogens with one attached hydrogen (secondary N) is 1. The van der Waals surface area contributed by atoms with Crippen molar-refractivity contribution in [3.63, 3.8) is 0 Å². The third-order valence-corrected chi connectivity index (χ3v) is 4.15. The van der Waals surface area contributed by atoms with E-state index < -0.39 is 0 Å². The van der Waals surface area contributed by atoms with Gasteiger partial charge in [0.15, 0.2) is 0 Å². The van der Waals surface area contributed by atoms with Crippen molar-refractivity contribution in [1.82, 2.24) is 24.7 Å². The van der Waals surface area contributed by atoms with Gasteiger partial charge in [-0.15, -0.1) is 0 Å². The number of rotatable bonds is 7. The van der Waals surface area contributed by atoms with Gasteiger partial charge >= 0.3 is 6.03 Å². The van der Waals surface area contributed by atoms with E-state index in [0.717, 1.165) is 23.3 Å². The molecule has 1 N–H and O–H groups in total. The number of aryl methyl sites for hydroxylation is 1. The summed E-state index contributed by atoms with van der Waals surface area (Å²) in [4.78, 5) is 32.0. The molecular formula is C18H27N5O3. The number of urea groups is 1. The summed E-state index contributed by atoms with van der Waals surface area (Å²) < 4.78 is 6.90. The number of fused-ring (bicyclic) bond motifs is 1. The molecule has 26 heavy (non-hydrogen) atoms. The molecular weight excluding hydrogens is 334 g/mol. The first-order chi connectivity index (χ1) is 12.3. The number of aromatic nitrogens is 2. The van der Waals surface area contributed by atoms with Crippen LogP contribution in [0.3, 0.4) is 0 Å². The highest BCUT2D eigenvalue weighted by Crippen LogP contribution is 2.18. The van der Waals surface area contributed by atoms with Gasteiger partial charge < -0.3 is 24.4 Å². The Kier molecular flexibility index (Phi) is 6.57. The predicted octanol–water partition coefficient (Wildman–Crippen LogP) is 1.45. The molecule has 0 aliphatic heterocycles. The summed E-state index contributed by atoms with van der Waals surface area (Å²) in [6.07, 6.45) is 0.769. The molecule has 142 valence electrons. The number of hydrogen-bond donors (Lipinski definition) is 1. The largest absolute Gasteiger partial charge is 0.385 e. The standard InChI is InChI=1S/C18H27N5O3/c1-21(2)17(24)13-7-8-15-14(11-13)20-16(23(15)4)12-22(3)18(25)19-9-6-10-26-5/h7-8,11H,6,9-10,12H2,1-5H3,(H,19,25). The molecule has 0 saturated carbocycles. The molecule has 0 atom stereocenters. The van der Waals surface area contributed by atoms with Gasteiger partial charge in [-0.2, -0.15) is 0 Å². The number of carbonyl (C=O) groups is 2. The van der Waals surface area contributed by atoms with Crippen molar-refractivity contribution in [2.45, 2.75) is 13.0 Å². The second-order valence-corrected chi connectivity index (χ2v) is 6.42. The minimum absolute atomic E-state index is 0.0633. The number of imidazole rings is 1. The molecule has 2 aromatic rings. The fourth-order valence-corrected chi connectivity index (χ4v) is 2.61. The number of methoxy groups -OCH3 is 1. The van der Waals surface area contributed by atoms with Crippen molar-refractivity contribution < 1.29 is 14.3 Å². The predicted molar refractivity (Wildman–Crippen MR) is 100 cm³/mol. The van der Waals surface area contributed by atoms with Crippen molar-refractivity contribution in [2.75, 3.05) is 41.4 Å². The second-order valence-electron chi connectivity index (χ2n) is 6.42. The number of ether oxygens (including phenoxy) is 1. The van der Waals surface area contributed by atoms with Gasteiger partial charge in [0, 0.05) is 54.0 Å². The van der Waals surface area contributed by atoms with E-state index in [2.05, 4.69) is 10.3 Å². The first-order valence-corrected chi connectivity index (χ1v) is 8.50. The Morgan fingerprint density at radius 1 is 1.27 bits per heavy atom. The van der Waals surface area contributed by atoms with E-state index in [9.17, 15) is 9.59 Å². The zero-order valence-corrected chi connectivity index (χ0v) is 16.1. The molecule has 0 unspecified atom stereocenters. The van der Waals surface area contributed by atoms with Crippen molar-refractivity contribution in [3.05, 3.63) is 29.6 Å². The van der Waals surface area contributed by atoms with E-state index in [1.807, 2.05) is 17.7 Å². The number of nitrogens with zero attached hydrogens (tertiary/aromatic N) is 4. The van der Waals surface area contributed by atoms with E-state index in [0.29, 0.717) is 25.3 Å². The first-order valence-electron chi connectivity index (χ1n) is 8.50. The summed E-state index contributed by atoms with van der Waals surface area (Å²) in [6.45, 7) is 1.55. The molecule has 1 aromatic carbocycles. The van der Waals surface area contributed by atoms with Crippen LogP contribution in [0.25, 0.3) is 11.0 Å². The van der Waals surface area contributed by atoms with Crippen molar-refractivity contribution in [3.8, 4) is 0 Å². The van der Waals surface area contributed by atoms with Gasteiger partial charge in [-0.1, -0.05) is 0 Å². The minimum atomic E-state index is -0.156. The van der Waals surface area contributed by atoms with Crippen LogP contribution in [0.5, 0.6) is 0 Å². The van der Waals surface area contributed by atoms with Gasteiger partial charge in [-0.05, 0) is 24.6 Å². The molecule has 1 heterocycles. The van der Waals surface area contributed by atoms with Crippen molar-refractivity contribution in [2.24, 2.45) is 7.05 Å². The molecule has 3 amide bonds. The molecule has 0 spiro atoms. The lowest BCUT2D eigenvalue weighted by Gasteiger charge is -2.17. The summed E-state index contributed by atoms with van der Waals surface area (Å²) in [5.41, 5.74) is 2.25. The lowest BCUT2D eigenvalue weighted by Crippen LogP contribution is -2.38. The van der Waals surface area contributed by atoms with Crippen LogP contribution >= 0.6 is 0 Å². The monoisotopic (exact) mass is 361 g/mol. The zero-order valence-electron chi connectivity index (χ0n) is 16.1. The normalized spacial score (nSPS) is 10.8. The highest BCUT2D eigenvalue weighted by molar-refractivity contribution is 5.97. The van der Waals surface area contributed by atoms with E-state index in [-0.39, 0.29) is 11.9 Å². The Morgan fingerprint density at radius 2 is 2.00 bits per heavy atom. The summed E-state index contributed by atoms with van der Waals surface area (Å²) in [6, 6.07) is 5.30. The van der Waals surface area contributed by atoms with Gasteiger partial charge in [0.1, 0.15) is 5.82 Å². The van der Waals surface area contributed by atoms with E-state index in [1.165, 1.54) is 4.90 Å². The van der Waals surface area contributed by atoms with Crippen molar-refractivity contribution in [1.29, 1.82) is 0 Å². The third kappa shape index (κ3) is 4.51. The zero-order chi connectivity index (χ0) is 19.3. The van der Waals surface area contributed by atoms with Crippen LogP contribution in [0.1, 0.15) is 22.6 Å². The highest BCUT2D eigenvalue weighted by atomic mass is 16.5. The fourth-order valence-electron chi connectivity index (χ4n) is 2.61. The van der Waals surface area contributed by atoms with Gasteiger partial charge in [0.25, 0.3) is 5.91 Å². The maximum Gasteiger partial charge on any atom is 0.317 e. The Labute approximate surface area is 153 Å². The smallest absolute Gasteiger partial charge is 0.317 e. The molecule has 0 fully saturated rings. The van der Waals surface area contributed by atoms with Crippen LogP contribution in [0.15, 0.2) is 18.2 Å². The Morgan fingerprint density at radius 3 is 2.65 bits per heavy atom. The molecule has 8 heteroatoms. The van der Waals surface area contributed by atoms with Gasteiger partial charge in [0.2, 0.25) is 0 Å². The number of amides is 3. The average Bonchev–Trinajstić information content (AvgIpc) is 2.92. The van der Waals surface area contributed by atoms with Crippen LogP contribution in [0, 0.1) is 0 Å². The topological polar surface area (TPSA) is 79.7 Å². The first kappa shape index (κ1) is 19.7. The van der Waals surface area contributed by atoms with Gasteiger partial charge in [-0.3, -0.25) is 4.79 Å². The van der Waals surface area contributed by atoms with E-state index in [4.69, 9.17) is 4.74 Å². The SMILES string of the molecule is COCCCNC(=O)N(C)Cc1nc2cc(C(=O)N(C)C)ccc2n1C. The van der Waals surface area contributed by atoms with Crippen LogP contribution in [-0.2, 0) is 18.3 Å². The summed E-state index contributed by atoms with van der Waals surface area (Å²) in [7, 11) is 8.71. The summed E-state index contributed by atoms with van der Waals surface area (Å²) >= 11 is 0. The van der Waals surface area contributed by atoms with Gasteiger partial charge in [-0.25, -0.2) is 9.78 Å². The summed E-state index contributed by atoms with van der Waals surface area (Å²) in [5, 5.41) is 2.85. The maximum atomic E-state index is 12.1. The fraction of sp³-hybridized carbons (Fsp3) is 0.500. The number of benzene rings is 1. The Bertz CT molecular complexity index is 784. The number of hydrogen-bond acceptors (Lipinski definition) is 4. The van der Waals surface area contributed by atoms with E-state index >= 15 is 0 Å². The maximum absolute atomic E-state index is 12.1. The molecule has 0 bridgehead atoms. The van der Waals surface area contributed by atoms with Crippen LogP contribution in [-0.4, -0.2) is 72.7 Å². The Balaban J connectivity index is 2.10. The third-order valence-electron chi connectivity index (χ3n) is 4.15. The summed E-state index contributed by atoms with van der Waals surface area (Å²) in [5.74, 6) is 0.690. The quantitative estimate of drug-likeness (QED) is 0.757. The molecule has 2 rings (SSSR count). The second kappa shape index (κ2) is 8.66. The molecule has 0 saturated heterocycles. The molecule has 0 radical (unpaired) electrons.